The second-order valence-corrected chi connectivity index (χ2v) is 4.01. The normalized spacial score (nSPS) is 11.2. The quantitative estimate of drug-likeness (QED) is 0.785. The predicted molar refractivity (Wildman–Crippen MR) is 66.0 cm³/mol. The maximum absolute atomic E-state index is 11.9. The molecule has 0 saturated heterocycles. The zero-order chi connectivity index (χ0) is 14.3. The van der Waals surface area contributed by atoms with E-state index in [1.165, 1.54) is 6.20 Å². The molecule has 4 nitrogen and oxygen atoms in total. The summed E-state index contributed by atoms with van der Waals surface area (Å²) in [6.45, 7) is 0.225. The van der Waals surface area contributed by atoms with E-state index < -0.39 is 12.6 Å². The van der Waals surface area contributed by atoms with E-state index in [9.17, 15) is 18.0 Å². The van der Waals surface area contributed by atoms with Crippen molar-refractivity contribution in [1.29, 1.82) is 0 Å². The van der Waals surface area contributed by atoms with Gasteiger partial charge in [-0.15, -0.1) is 0 Å². The first-order chi connectivity index (χ1) is 8.92. The van der Waals surface area contributed by atoms with Gasteiger partial charge in [0.05, 0.1) is 5.56 Å². The SMILES string of the molecule is CNc1ccc(C(=O)NCCCCC(F)(F)F)cn1. The van der Waals surface area contributed by atoms with Crippen LogP contribution in [0.1, 0.15) is 29.6 Å². The first-order valence-corrected chi connectivity index (χ1v) is 5.91. The smallest absolute Gasteiger partial charge is 0.373 e. The highest BCUT2D eigenvalue weighted by Gasteiger charge is 2.25. The Hall–Kier alpha value is -1.79. The maximum atomic E-state index is 11.9. The highest BCUT2D eigenvalue weighted by Crippen LogP contribution is 2.21. The Kier molecular flexibility index (Phi) is 5.59. The minimum Gasteiger partial charge on any atom is -0.373 e. The van der Waals surface area contributed by atoms with E-state index in [0.29, 0.717) is 17.8 Å². The molecule has 0 radical (unpaired) electrons. The minimum atomic E-state index is -4.13. The lowest BCUT2D eigenvalue weighted by Crippen LogP contribution is -2.24. The average molecular weight is 275 g/mol. The van der Waals surface area contributed by atoms with Crippen LogP contribution in [0.5, 0.6) is 0 Å². The molecule has 0 saturated carbocycles. The molecule has 0 spiro atoms. The summed E-state index contributed by atoms with van der Waals surface area (Å²) in [4.78, 5) is 15.6. The van der Waals surface area contributed by atoms with E-state index in [1.807, 2.05) is 0 Å². The van der Waals surface area contributed by atoms with Gasteiger partial charge in [0.15, 0.2) is 0 Å². The van der Waals surface area contributed by atoms with Crippen LogP contribution in [0.2, 0.25) is 0 Å². The van der Waals surface area contributed by atoms with Crippen molar-refractivity contribution in [3.63, 3.8) is 0 Å². The Morgan fingerprint density at radius 3 is 2.58 bits per heavy atom. The third-order valence-corrected chi connectivity index (χ3v) is 2.45. The molecule has 0 unspecified atom stereocenters. The van der Waals surface area contributed by atoms with E-state index >= 15 is 0 Å². The van der Waals surface area contributed by atoms with Crippen molar-refractivity contribution >= 4 is 11.7 Å². The number of nitrogens with one attached hydrogen (secondary N) is 2. The number of hydrogen-bond acceptors (Lipinski definition) is 3. The van der Waals surface area contributed by atoms with E-state index in [1.54, 1.807) is 19.2 Å². The number of rotatable bonds is 6. The molecule has 0 aromatic carbocycles. The number of anilines is 1. The van der Waals surface area contributed by atoms with Gasteiger partial charge < -0.3 is 10.6 Å². The third kappa shape index (κ3) is 6.08. The fourth-order valence-electron chi connectivity index (χ4n) is 1.43. The molecular formula is C12H16F3N3O. The summed E-state index contributed by atoms with van der Waals surface area (Å²) in [6, 6.07) is 3.25. The number of aromatic nitrogens is 1. The molecule has 1 rings (SSSR count). The van der Waals surface area contributed by atoms with Crippen LogP contribution >= 0.6 is 0 Å². The summed E-state index contributed by atoms with van der Waals surface area (Å²) < 4.78 is 35.6. The van der Waals surface area contributed by atoms with Crippen LogP contribution in [0, 0.1) is 0 Å². The number of pyridine rings is 1. The number of halogens is 3. The molecule has 0 atom stereocenters. The lowest BCUT2D eigenvalue weighted by atomic mass is 10.2. The van der Waals surface area contributed by atoms with Gasteiger partial charge in [0.1, 0.15) is 5.82 Å². The summed E-state index contributed by atoms with van der Waals surface area (Å²) in [6.07, 6.45) is -3.22. The fourth-order valence-corrected chi connectivity index (χ4v) is 1.43. The molecule has 0 aliphatic carbocycles. The molecule has 0 bridgehead atoms. The second-order valence-electron chi connectivity index (χ2n) is 4.01. The predicted octanol–water partition coefficient (Wildman–Crippen LogP) is 2.59. The largest absolute Gasteiger partial charge is 0.389 e. The van der Waals surface area contributed by atoms with Crippen LogP contribution in [0.4, 0.5) is 19.0 Å². The Morgan fingerprint density at radius 2 is 2.05 bits per heavy atom. The minimum absolute atomic E-state index is 0.0146. The van der Waals surface area contributed by atoms with Crippen molar-refractivity contribution in [2.24, 2.45) is 0 Å². The van der Waals surface area contributed by atoms with Gasteiger partial charge in [-0.1, -0.05) is 0 Å². The van der Waals surface area contributed by atoms with Crippen LogP contribution in [0.25, 0.3) is 0 Å². The Balaban J connectivity index is 2.27. The number of unbranched alkanes of at least 4 members (excludes halogenated alkanes) is 1. The van der Waals surface area contributed by atoms with Gasteiger partial charge in [-0.25, -0.2) is 4.98 Å². The van der Waals surface area contributed by atoms with Crippen molar-refractivity contribution in [2.75, 3.05) is 18.9 Å². The number of hydrogen-bond donors (Lipinski definition) is 2. The summed E-state index contributed by atoms with van der Waals surface area (Å²) >= 11 is 0. The van der Waals surface area contributed by atoms with Crippen molar-refractivity contribution < 1.29 is 18.0 Å². The number of nitrogens with zero attached hydrogens (tertiary/aromatic N) is 1. The first kappa shape index (κ1) is 15.3. The average Bonchev–Trinajstić information content (AvgIpc) is 2.37. The highest BCUT2D eigenvalue weighted by molar-refractivity contribution is 5.93. The molecule has 0 aliphatic heterocycles. The molecule has 0 aliphatic rings. The van der Waals surface area contributed by atoms with Gasteiger partial charge in [-0.2, -0.15) is 13.2 Å². The molecule has 0 fully saturated rings. The van der Waals surface area contributed by atoms with E-state index in [0.717, 1.165) is 0 Å². The highest BCUT2D eigenvalue weighted by atomic mass is 19.4. The van der Waals surface area contributed by atoms with Crippen molar-refractivity contribution in [3.8, 4) is 0 Å². The molecule has 1 aromatic heterocycles. The number of alkyl halides is 3. The van der Waals surface area contributed by atoms with Gasteiger partial charge in [0.2, 0.25) is 0 Å². The lowest BCUT2D eigenvalue weighted by Gasteiger charge is -2.07. The Labute approximate surface area is 109 Å². The van der Waals surface area contributed by atoms with Gasteiger partial charge in [0, 0.05) is 26.2 Å². The Bertz CT molecular complexity index is 404. The van der Waals surface area contributed by atoms with Gasteiger partial charge in [-0.05, 0) is 25.0 Å². The van der Waals surface area contributed by atoms with Crippen molar-refractivity contribution in [3.05, 3.63) is 23.9 Å². The Morgan fingerprint density at radius 1 is 1.32 bits per heavy atom. The van der Waals surface area contributed by atoms with Gasteiger partial charge in [-0.3, -0.25) is 4.79 Å². The molecular weight excluding hydrogens is 259 g/mol. The lowest BCUT2D eigenvalue weighted by molar-refractivity contribution is -0.135. The van der Waals surface area contributed by atoms with E-state index in [4.69, 9.17) is 0 Å². The third-order valence-electron chi connectivity index (χ3n) is 2.45. The van der Waals surface area contributed by atoms with Crippen molar-refractivity contribution in [1.82, 2.24) is 10.3 Å². The van der Waals surface area contributed by atoms with Gasteiger partial charge in [0.25, 0.3) is 5.91 Å². The molecule has 2 N–H and O–H groups in total. The summed E-state index contributed by atoms with van der Waals surface area (Å²) in [5, 5.41) is 5.37. The van der Waals surface area contributed by atoms with E-state index in [-0.39, 0.29) is 18.9 Å². The standard InChI is InChI=1S/C12H16F3N3O/c1-16-10-5-4-9(8-18-10)11(19)17-7-3-2-6-12(13,14)15/h4-5,8H,2-3,6-7H2,1H3,(H,16,18)(H,17,19). The van der Waals surface area contributed by atoms with Crippen LogP contribution < -0.4 is 10.6 Å². The van der Waals surface area contributed by atoms with Crippen LogP contribution in [0.3, 0.4) is 0 Å². The molecule has 1 amide bonds. The molecule has 1 aromatic rings. The monoisotopic (exact) mass is 275 g/mol. The summed E-state index contributed by atoms with van der Waals surface area (Å²) in [7, 11) is 1.71. The van der Waals surface area contributed by atoms with E-state index in [2.05, 4.69) is 15.6 Å². The zero-order valence-corrected chi connectivity index (χ0v) is 10.5. The number of carbonyl (C=O) groups is 1. The zero-order valence-electron chi connectivity index (χ0n) is 10.5. The molecule has 106 valence electrons. The van der Waals surface area contributed by atoms with Crippen LogP contribution in [0.15, 0.2) is 18.3 Å². The topological polar surface area (TPSA) is 54.0 Å². The fraction of sp³-hybridized carbons (Fsp3) is 0.500. The molecule has 7 heteroatoms. The summed E-state index contributed by atoms with van der Waals surface area (Å²) in [5.74, 6) is 0.309. The summed E-state index contributed by atoms with van der Waals surface area (Å²) in [5.41, 5.74) is 0.384. The van der Waals surface area contributed by atoms with Gasteiger partial charge >= 0.3 is 6.18 Å². The van der Waals surface area contributed by atoms with Crippen molar-refractivity contribution in [2.45, 2.75) is 25.4 Å². The molecule has 19 heavy (non-hydrogen) atoms. The maximum Gasteiger partial charge on any atom is 0.389 e. The second kappa shape index (κ2) is 6.96. The number of amides is 1. The van der Waals surface area contributed by atoms with Crippen LogP contribution in [-0.2, 0) is 0 Å². The first-order valence-electron chi connectivity index (χ1n) is 5.91. The van der Waals surface area contributed by atoms with Crippen LogP contribution in [-0.4, -0.2) is 30.7 Å². The number of carbonyl (C=O) groups excluding carboxylic acids is 1. The molecule has 1 heterocycles.